The van der Waals surface area contributed by atoms with Crippen LogP contribution in [0.1, 0.15) is 0 Å². The number of rotatable bonds is 1. The standard InChI is InChI=1S/C7H15NO4.10W/c1-8-2-5(10)7(12)6(11)4(8)3-9;;;;;;;;;;/h4-7,9-12H,2-3H2,1H3;;;;;;;;;;/t4-,5+,6-,7-;;;;;;;;;;/m1........../s1. The van der Waals surface area contributed by atoms with Gasteiger partial charge in [-0.1, -0.05) is 0 Å². The van der Waals surface area contributed by atoms with Gasteiger partial charge in [-0.15, -0.1) is 0 Å². The molecule has 22 heavy (non-hydrogen) atoms. The molecule has 4 atom stereocenters. The number of likely N-dealkylation sites (N-methyl/N-ethyl adjacent to an activating group) is 1. The molecule has 0 aromatic rings. The van der Waals surface area contributed by atoms with Gasteiger partial charge in [0.05, 0.1) is 18.8 Å². The second kappa shape index (κ2) is 35.1. The van der Waals surface area contributed by atoms with E-state index in [4.69, 9.17) is 5.11 Å². The molecule has 4 N–H and O–H groups in total. The van der Waals surface area contributed by atoms with Crippen LogP contribution >= 0.6 is 0 Å². The molecule has 1 fully saturated rings. The monoisotopic (exact) mass is 2020 g/mol. The zero-order valence-electron chi connectivity index (χ0n) is 11.0. The summed E-state index contributed by atoms with van der Waals surface area (Å²) < 4.78 is 0. The number of hydrogen-bond donors (Lipinski definition) is 4. The van der Waals surface area contributed by atoms with Gasteiger partial charge in [-0.25, -0.2) is 0 Å². The molecule has 0 aromatic carbocycles. The predicted octanol–water partition coefficient (Wildman–Crippen LogP) is -2.65. The summed E-state index contributed by atoms with van der Waals surface area (Å²) in [5.74, 6) is 0. The van der Waals surface area contributed by atoms with Crippen LogP contribution in [-0.2, 0) is 211 Å². The van der Waals surface area contributed by atoms with E-state index < -0.39 is 24.4 Å². The molecular formula is C7H15NO4W10. The summed E-state index contributed by atoms with van der Waals surface area (Å²) in [6.45, 7) is 0.0465. The molecule has 5 nitrogen and oxygen atoms in total. The van der Waals surface area contributed by atoms with Gasteiger partial charge < -0.3 is 20.4 Å². The second-order valence-corrected chi connectivity index (χ2v) is 3.24. The SMILES string of the molecule is CN1C[C@H](O)[C@@H](O)[C@H](O)[C@H]1CO.[W].[W].[W].[W].[W].[W].[W].[W].[W].[W]. The maximum Gasteiger partial charge on any atom is 0.109 e. The Morgan fingerprint density at radius 1 is 0.727 bits per heavy atom. The van der Waals surface area contributed by atoms with E-state index in [1.807, 2.05) is 0 Å². The summed E-state index contributed by atoms with van der Waals surface area (Å²) in [4.78, 5) is 1.63. The summed E-state index contributed by atoms with van der Waals surface area (Å²) in [6, 6.07) is -0.483. The van der Waals surface area contributed by atoms with Gasteiger partial charge in [0.15, 0.2) is 0 Å². The summed E-state index contributed by atoms with van der Waals surface area (Å²) in [5, 5.41) is 36.6. The minimum absolute atomic E-state index is 0. The van der Waals surface area contributed by atoms with E-state index in [-0.39, 0.29) is 224 Å². The van der Waals surface area contributed by atoms with Crippen molar-refractivity contribution in [2.24, 2.45) is 0 Å². The van der Waals surface area contributed by atoms with Crippen molar-refractivity contribution in [1.29, 1.82) is 0 Å². The van der Waals surface area contributed by atoms with Crippen molar-refractivity contribution in [1.82, 2.24) is 4.90 Å². The Morgan fingerprint density at radius 3 is 1.32 bits per heavy atom. The summed E-state index contributed by atoms with van der Waals surface area (Å²) in [5.41, 5.74) is 0. The average molecular weight is 2020 g/mol. The van der Waals surface area contributed by atoms with Crippen molar-refractivity contribution in [3.05, 3.63) is 0 Å². The van der Waals surface area contributed by atoms with Crippen molar-refractivity contribution in [2.75, 3.05) is 20.2 Å². The van der Waals surface area contributed by atoms with Gasteiger partial charge in [-0.2, -0.15) is 0 Å². The van der Waals surface area contributed by atoms with Crippen molar-refractivity contribution in [2.45, 2.75) is 24.4 Å². The first kappa shape index (κ1) is 63.0. The van der Waals surface area contributed by atoms with Gasteiger partial charge in [0.2, 0.25) is 0 Å². The molecular weight excluding hydrogens is 2000 g/mol. The third-order valence-electron chi connectivity index (χ3n) is 2.37. The zero-order chi connectivity index (χ0) is 9.30. The summed E-state index contributed by atoms with van der Waals surface area (Å²) in [6.07, 6.45) is -3.17. The van der Waals surface area contributed by atoms with E-state index in [2.05, 4.69) is 0 Å². The van der Waals surface area contributed by atoms with E-state index in [9.17, 15) is 15.3 Å². The van der Waals surface area contributed by atoms with Crippen LogP contribution in [0.5, 0.6) is 0 Å². The molecule has 15 heteroatoms. The van der Waals surface area contributed by atoms with Gasteiger partial charge in [-0.05, 0) is 7.05 Å². The van der Waals surface area contributed by atoms with Crippen LogP contribution < -0.4 is 0 Å². The normalized spacial score (nSPS) is 24.4. The van der Waals surface area contributed by atoms with Crippen LogP contribution in [0.15, 0.2) is 0 Å². The van der Waals surface area contributed by atoms with E-state index >= 15 is 0 Å². The molecule has 0 amide bonds. The molecule has 132 valence electrons. The topological polar surface area (TPSA) is 84.2 Å². The number of nitrogens with zero attached hydrogens (tertiary/aromatic N) is 1. The first-order valence-corrected chi connectivity index (χ1v) is 3.93. The van der Waals surface area contributed by atoms with Gasteiger partial charge >= 0.3 is 0 Å². The van der Waals surface area contributed by atoms with Crippen LogP contribution in [0.3, 0.4) is 0 Å². The molecule has 0 bridgehead atoms. The maximum absolute atomic E-state index is 9.37. The number of piperidine rings is 1. The smallest absolute Gasteiger partial charge is 0.109 e. The maximum atomic E-state index is 9.37. The van der Waals surface area contributed by atoms with Crippen LogP contribution in [0.4, 0.5) is 0 Å². The Morgan fingerprint density at radius 2 is 1.05 bits per heavy atom. The van der Waals surface area contributed by atoms with E-state index in [0.29, 0.717) is 0 Å². The molecule has 1 saturated heterocycles. The molecule has 0 aromatic heterocycles. The Balaban J connectivity index is -0.0000000180. The number of aliphatic hydroxyl groups is 4. The van der Waals surface area contributed by atoms with Crippen LogP contribution in [0.2, 0.25) is 0 Å². The summed E-state index contributed by atoms with van der Waals surface area (Å²) in [7, 11) is 1.68. The first-order chi connectivity index (χ1) is 5.57. The molecule has 1 aliphatic rings. The van der Waals surface area contributed by atoms with Crippen LogP contribution in [-0.4, -0.2) is 69.9 Å². The fourth-order valence-electron chi connectivity index (χ4n) is 1.50. The second-order valence-electron chi connectivity index (χ2n) is 3.24. The quantitative estimate of drug-likeness (QED) is 0.231. The fraction of sp³-hybridized carbons (Fsp3) is 1.00. The fourth-order valence-corrected chi connectivity index (χ4v) is 1.50. The Bertz CT molecular complexity index is 176. The molecule has 0 spiro atoms. The number of β-amino-alcohol motifs (C(OH)–C–C–N with tert-alkyl or cyclic N) is 1. The van der Waals surface area contributed by atoms with Crippen LogP contribution in [0.25, 0.3) is 0 Å². The number of hydrogen-bond acceptors (Lipinski definition) is 5. The Kier molecular flexibility index (Phi) is 101. The zero-order valence-corrected chi connectivity index (χ0v) is 40.4. The largest absolute Gasteiger partial charge is 0.395 e. The van der Waals surface area contributed by atoms with Crippen LogP contribution in [0, 0.1) is 0 Å². The van der Waals surface area contributed by atoms with Gasteiger partial charge in [-0.3, -0.25) is 4.90 Å². The Hall–Kier alpha value is 6.68. The molecule has 1 heterocycles. The van der Waals surface area contributed by atoms with E-state index in [1.165, 1.54) is 0 Å². The van der Waals surface area contributed by atoms with E-state index in [1.54, 1.807) is 11.9 Å². The van der Waals surface area contributed by atoms with Crippen molar-refractivity contribution >= 4 is 0 Å². The van der Waals surface area contributed by atoms with Gasteiger partial charge in [0, 0.05) is 217 Å². The third kappa shape index (κ3) is 21.4. The average Bonchev–Trinajstić information content (AvgIpc) is 2.01. The third-order valence-corrected chi connectivity index (χ3v) is 2.37. The minimum Gasteiger partial charge on any atom is -0.395 e. The van der Waals surface area contributed by atoms with Crippen molar-refractivity contribution in [3.8, 4) is 0 Å². The van der Waals surface area contributed by atoms with Crippen molar-refractivity contribution < 1.29 is 231 Å². The molecule has 0 unspecified atom stereocenters. The molecule has 0 aliphatic carbocycles. The van der Waals surface area contributed by atoms with Gasteiger partial charge in [0.1, 0.15) is 12.2 Å². The van der Waals surface area contributed by atoms with Crippen molar-refractivity contribution in [3.63, 3.8) is 0 Å². The molecule has 1 aliphatic heterocycles. The number of aliphatic hydroxyl groups excluding tert-OH is 4. The molecule has 1 rings (SSSR count). The Labute approximate surface area is 275 Å². The molecule has 0 radical (unpaired) electrons. The first-order valence-electron chi connectivity index (χ1n) is 3.93. The predicted molar refractivity (Wildman–Crippen MR) is 41.5 cm³/mol. The minimum atomic E-state index is -1.15. The van der Waals surface area contributed by atoms with Gasteiger partial charge in [0.25, 0.3) is 0 Å². The summed E-state index contributed by atoms with van der Waals surface area (Å²) >= 11 is 0. The molecule has 0 saturated carbocycles. The van der Waals surface area contributed by atoms with E-state index in [0.717, 1.165) is 0 Å². The number of likely N-dealkylation sites (tertiary alicyclic amines) is 1.